The fourth-order valence-corrected chi connectivity index (χ4v) is 5.00. The molecule has 0 spiro atoms. The molecule has 6 heteroatoms. The van der Waals surface area contributed by atoms with Crippen molar-refractivity contribution in [2.45, 2.75) is 62.3 Å². The minimum atomic E-state index is -0.654. The van der Waals surface area contributed by atoms with E-state index in [1.807, 2.05) is 19.9 Å². The van der Waals surface area contributed by atoms with Gasteiger partial charge in [-0.3, -0.25) is 4.90 Å². The van der Waals surface area contributed by atoms with E-state index in [1.54, 1.807) is 12.2 Å². The SMILES string of the molecule is CCCCN1CCCC1C1C=CC(F)=CC1(Br)B1OCC(C)(C)O1. The zero-order valence-corrected chi connectivity index (χ0v) is 16.5. The second-order valence-corrected chi connectivity index (χ2v) is 9.23. The van der Waals surface area contributed by atoms with E-state index in [4.69, 9.17) is 9.31 Å². The molecule has 24 heavy (non-hydrogen) atoms. The number of likely N-dealkylation sites (tertiary alicyclic amines) is 1. The first kappa shape index (κ1) is 18.6. The van der Waals surface area contributed by atoms with Gasteiger partial charge in [0.05, 0.1) is 16.4 Å². The van der Waals surface area contributed by atoms with Crippen molar-refractivity contribution in [1.82, 2.24) is 4.90 Å². The van der Waals surface area contributed by atoms with Crippen LogP contribution in [0.3, 0.4) is 0 Å². The predicted molar refractivity (Wildman–Crippen MR) is 99.9 cm³/mol. The maximum atomic E-state index is 14.1. The summed E-state index contributed by atoms with van der Waals surface area (Å²) < 4.78 is 25.5. The Morgan fingerprint density at radius 3 is 2.92 bits per heavy atom. The van der Waals surface area contributed by atoms with Crippen LogP contribution in [-0.4, -0.2) is 47.6 Å². The number of unbranched alkanes of at least 4 members (excludes halogenated alkanes) is 1. The molecule has 0 bridgehead atoms. The highest BCUT2D eigenvalue weighted by Crippen LogP contribution is 2.46. The summed E-state index contributed by atoms with van der Waals surface area (Å²) in [6.07, 6.45) is 10.00. The summed E-state index contributed by atoms with van der Waals surface area (Å²) in [6, 6.07) is 0.396. The Morgan fingerprint density at radius 1 is 1.46 bits per heavy atom. The van der Waals surface area contributed by atoms with E-state index in [0.717, 1.165) is 19.5 Å². The lowest BCUT2D eigenvalue weighted by atomic mass is 9.60. The van der Waals surface area contributed by atoms with Crippen LogP contribution in [0.25, 0.3) is 0 Å². The molecular formula is C18H28BBrFNO2. The van der Waals surface area contributed by atoms with E-state index >= 15 is 0 Å². The molecule has 0 aromatic rings. The van der Waals surface area contributed by atoms with Crippen molar-refractivity contribution in [2.75, 3.05) is 19.7 Å². The summed E-state index contributed by atoms with van der Waals surface area (Å²) in [5.74, 6) is -0.0895. The summed E-state index contributed by atoms with van der Waals surface area (Å²) in [4.78, 5) is 2.56. The van der Waals surface area contributed by atoms with E-state index in [1.165, 1.54) is 19.3 Å². The van der Waals surface area contributed by atoms with Crippen molar-refractivity contribution in [2.24, 2.45) is 5.92 Å². The first-order chi connectivity index (χ1) is 11.4. The second-order valence-electron chi connectivity index (χ2n) is 7.86. The molecule has 0 saturated carbocycles. The molecule has 3 aliphatic rings. The summed E-state index contributed by atoms with van der Waals surface area (Å²) in [5, 5.41) is 0. The molecule has 134 valence electrons. The first-order valence-electron chi connectivity index (χ1n) is 9.15. The molecule has 2 fully saturated rings. The maximum Gasteiger partial charge on any atom is 0.480 e. The molecule has 0 aromatic heterocycles. The normalized spacial score (nSPS) is 36.4. The number of halogens is 2. The number of hydrogen-bond donors (Lipinski definition) is 0. The van der Waals surface area contributed by atoms with Gasteiger partial charge >= 0.3 is 7.12 Å². The highest BCUT2D eigenvalue weighted by Gasteiger charge is 2.57. The molecule has 2 heterocycles. The molecule has 1 aliphatic carbocycles. The average molecular weight is 400 g/mol. The molecule has 3 nitrogen and oxygen atoms in total. The van der Waals surface area contributed by atoms with Crippen LogP contribution in [0.4, 0.5) is 4.39 Å². The average Bonchev–Trinajstić information content (AvgIpc) is 3.11. The van der Waals surface area contributed by atoms with Crippen LogP contribution < -0.4 is 0 Å². The predicted octanol–water partition coefficient (Wildman–Crippen LogP) is 4.28. The molecule has 2 saturated heterocycles. The lowest BCUT2D eigenvalue weighted by molar-refractivity contribution is 0.132. The topological polar surface area (TPSA) is 21.7 Å². The van der Waals surface area contributed by atoms with E-state index in [0.29, 0.717) is 12.6 Å². The van der Waals surface area contributed by atoms with E-state index in [-0.39, 0.29) is 17.3 Å². The van der Waals surface area contributed by atoms with E-state index in [9.17, 15) is 4.39 Å². The number of rotatable bonds is 5. The van der Waals surface area contributed by atoms with Crippen molar-refractivity contribution >= 4 is 23.0 Å². The van der Waals surface area contributed by atoms with Crippen molar-refractivity contribution in [3.63, 3.8) is 0 Å². The molecule has 2 aliphatic heterocycles. The van der Waals surface area contributed by atoms with Crippen LogP contribution in [0.15, 0.2) is 24.1 Å². The monoisotopic (exact) mass is 399 g/mol. The Balaban J connectivity index is 1.84. The van der Waals surface area contributed by atoms with Gasteiger partial charge in [0.2, 0.25) is 0 Å². The zero-order chi connectivity index (χ0) is 17.4. The third-order valence-electron chi connectivity index (χ3n) is 5.33. The minimum Gasteiger partial charge on any atom is -0.407 e. The smallest absolute Gasteiger partial charge is 0.407 e. The molecule has 0 amide bonds. The maximum absolute atomic E-state index is 14.1. The molecule has 3 atom stereocenters. The van der Waals surface area contributed by atoms with Gasteiger partial charge in [-0.05, 0) is 58.4 Å². The largest absolute Gasteiger partial charge is 0.480 e. The first-order valence-corrected chi connectivity index (χ1v) is 9.94. The van der Waals surface area contributed by atoms with Gasteiger partial charge in [-0.1, -0.05) is 35.4 Å². The summed E-state index contributed by atoms with van der Waals surface area (Å²) >= 11 is 3.84. The second kappa shape index (κ2) is 7.22. The standard InChI is InChI=1S/C18H28BBrFNO2/c1-4-5-10-22-11-6-7-16(22)15-9-8-14(21)12-18(15,20)19-23-13-17(2,3)24-19/h8-9,12,15-16H,4-7,10-11,13H2,1-3H3. The highest BCUT2D eigenvalue weighted by atomic mass is 79.9. The van der Waals surface area contributed by atoms with E-state index < -0.39 is 11.3 Å². The fraction of sp³-hybridized carbons (Fsp3) is 0.778. The van der Waals surface area contributed by atoms with Gasteiger partial charge in [0.15, 0.2) is 0 Å². The van der Waals surface area contributed by atoms with Gasteiger partial charge in [-0.15, -0.1) is 0 Å². The van der Waals surface area contributed by atoms with Gasteiger partial charge in [-0.2, -0.15) is 0 Å². The van der Waals surface area contributed by atoms with Crippen LogP contribution in [0.5, 0.6) is 0 Å². The molecular weight excluding hydrogens is 372 g/mol. The minimum absolute atomic E-state index is 0.134. The molecule has 3 rings (SSSR count). The van der Waals surface area contributed by atoms with E-state index in [2.05, 4.69) is 27.8 Å². The third-order valence-corrected chi connectivity index (χ3v) is 6.46. The Morgan fingerprint density at radius 2 is 2.25 bits per heavy atom. The lowest BCUT2D eigenvalue weighted by Gasteiger charge is -2.41. The quantitative estimate of drug-likeness (QED) is 0.508. The van der Waals surface area contributed by atoms with Crippen molar-refractivity contribution < 1.29 is 13.7 Å². The molecule has 0 N–H and O–H groups in total. The van der Waals surface area contributed by atoms with Gasteiger partial charge in [0.25, 0.3) is 0 Å². The van der Waals surface area contributed by atoms with Gasteiger partial charge < -0.3 is 9.31 Å². The Hall–Kier alpha value is -0.165. The number of nitrogens with zero attached hydrogens (tertiary/aromatic N) is 1. The molecule has 0 radical (unpaired) electrons. The van der Waals surface area contributed by atoms with Crippen molar-refractivity contribution in [3.05, 3.63) is 24.1 Å². The Bertz CT molecular complexity index is 527. The number of alkyl halides is 1. The number of hydrogen-bond acceptors (Lipinski definition) is 3. The Kier molecular flexibility index (Phi) is 5.60. The summed E-state index contributed by atoms with van der Waals surface area (Å²) in [6.45, 7) is 9.02. The van der Waals surface area contributed by atoms with Crippen LogP contribution in [-0.2, 0) is 9.31 Å². The van der Waals surface area contributed by atoms with Crippen LogP contribution in [0, 0.1) is 5.92 Å². The van der Waals surface area contributed by atoms with Gasteiger partial charge in [-0.25, -0.2) is 4.39 Å². The van der Waals surface area contributed by atoms with Gasteiger partial charge in [0, 0.05) is 12.0 Å². The number of allylic oxidation sites excluding steroid dienone is 3. The van der Waals surface area contributed by atoms with Crippen molar-refractivity contribution in [1.29, 1.82) is 0 Å². The van der Waals surface area contributed by atoms with Gasteiger partial charge in [0.1, 0.15) is 5.83 Å². The fourth-order valence-electron chi connectivity index (χ4n) is 4.10. The highest BCUT2D eigenvalue weighted by molar-refractivity contribution is 9.10. The zero-order valence-electron chi connectivity index (χ0n) is 14.9. The molecule has 0 aromatic carbocycles. The summed E-state index contributed by atoms with van der Waals surface area (Å²) in [5.41, 5.74) is -0.334. The van der Waals surface area contributed by atoms with Crippen molar-refractivity contribution in [3.8, 4) is 0 Å². The Labute approximate surface area is 153 Å². The van der Waals surface area contributed by atoms with Crippen LogP contribution >= 0.6 is 15.9 Å². The van der Waals surface area contributed by atoms with Crippen LogP contribution in [0.1, 0.15) is 46.5 Å². The molecule has 3 unspecified atom stereocenters. The third kappa shape index (κ3) is 3.67. The summed E-state index contributed by atoms with van der Waals surface area (Å²) in [7, 11) is -0.471. The van der Waals surface area contributed by atoms with Crippen LogP contribution in [0.2, 0.25) is 0 Å². The lowest BCUT2D eigenvalue weighted by Crippen LogP contribution is -2.54.